The van der Waals surface area contributed by atoms with E-state index in [1.807, 2.05) is 0 Å². The molecule has 1 saturated heterocycles. The highest BCUT2D eigenvalue weighted by Crippen LogP contribution is 2.19. The molecule has 9 nitrogen and oxygen atoms in total. The first-order valence-corrected chi connectivity index (χ1v) is 5.86. The second-order valence-corrected chi connectivity index (χ2v) is 4.17. The van der Waals surface area contributed by atoms with E-state index >= 15 is 0 Å². The highest BCUT2D eigenvalue weighted by Gasteiger charge is 2.34. The Balaban J connectivity index is 0.00000242. The van der Waals surface area contributed by atoms with Gasteiger partial charge < -0.3 is 15.4 Å². The second-order valence-electron chi connectivity index (χ2n) is 4.17. The van der Waals surface area contributed by atoms with Crippen LogP contribution < -0.4 is 11.3 Å². The Kier molecular flexibility index (Phi) is 5.44. The first-order chi connectivity index (χ1) is 9.93. The monoisotopic (exact) mass is 329 g/mol. The number of carboxylic acid groups (broad SMARTS) is 1. The number of carbonyl (C=O) groups is 4. The minimum Gasteiger partial charge on any atom is -0.478 e. The fraction of sp³-hybridized carbons (Fsp3) is 0.167. The molecule has 1 aromatic rings. The van der Waals surface area contributed by atoms with E-state index in [4.69, 9.17) is 10.9 Å². The number of nitrogens with one attached hydrogen (secondary N) is 1. The van der Waals surface area contributed by atoms with Crippen LogP contribution in [0, 0.1) is 0 Å². The average molecular weight is 330 g/mol. The molecule has 1 heterocycles. The number of nitrogens with two attached hydrogens (primary N) is 1. The summed E-state index contributed by atoms with van der Waals surface area (Å²) in [6.07, 6.45) is -0.0954. The summed E-state index contributed by atoms with van der Waals surface area (Å²) >= 11 is 0. The van der Waals surface area contributed by atoms with Crippen molar-refractivity contribution in [3.8, 4) is 0 Å². The third-order valence-electron chi connectivity index (χ3n) is 2.82. The standard InChI is InChI=1S/C12H11N3O6.ClH/c13-14-6-1-2-7(8(5-6)11(18)19)12(20)21-15-9(16)3-4-10(15)17;/h1-2,5,14H,3-4,13H2,(H,18,19);1H. The van der Waals surface area contributed by atoms with Crippen LogP contribution in [0.3, 0.4) is 0 Å². The third kappa shape index (κ3) is 3.32. The molecule has 2 rings (SSSR count). The first-order valence-electron chi connectivity index (χ1n) is 5.86. The highest BCUT2D eigenvalue weighted by atomic mass is 35.5. The van der Waals surface area contributed by atoms with E-state index in [-0.39, 0.29) is 42.1 Å². The van der Waals surface area contributed by atoms with Gasteiger partial charge in [-0.05, 0) is 18.2 Å². The number of halogens is 1. The molecular formula is C12H12ClN3O6. The summed E-state index contributed by atoms with van der Waals surface area (Å²) in [5, 5.41) is 9.43. The van der Waals surface area contributed by atoms with Crippen molar-refractivity contribution >= 4 is 41.8 Å². The quantitative estimate of drug-likeness (QED) is 0.407. The lowest BCUT2D eigenvalue weighted by atomic mass is 10.1. The van der Waals surface area contributed by atoms with Crippen molar-refractivity contribution in [3.63, 3.8) is 0 Å². The Labute approximate surface area is 130 Å². The minimum absolute atomic E-state index is 0. The summed E-state index contributed by atoms with van der Waals surface area (Å²) in [6, 6.07) is 3.66. The molecule has 1 aliphatic rings. The molecular weight excluding hydrogens is 318 g/mol. The molecule has 22 heavy (non-hydrogen) atoms. The van der Waals surface area contributed by atoms with E-state index in [0.717, 1.165) is 6.07 Å². The molecule has 1 aliphatic heterocycles. The number of nitrogen functional groups attached to an aromatic ring is 1. The lowest BCUT2D eigenvalue weighted by molar-refractivity contribution is -0.172. The molecule has 0 atom stereocenters. The number of hydrogen-bond acceptors (Lipinski definition) is 7. The number of aromatic carboxylic acids is 1. The molecule has 118 valence electrons. The number of imide groups is 1. The van der Waals surface area contributed by atoms with Crippen LogP contribution in [0.5, 0.6) is 0 Å². The van der Waals surface area contributed by atoms with E-state index < -0.39 is 23.8 Å². The van der Waals surface area contributed by atoms with Gasteiger partial charge >= 0.3 is 11.9 Å². The molecule has 0 aromatic heterocycles. The number of amides is 2. The van der Waals surface area contributed by atoms with Crippen LogP contribution in [-0.4, -0.2) is 33.9 Å². The summed E-state index contributed by atoms with van der Waals surface area (Å²) in [5.74, 6) is 1.37. The van der Waals surface area contributed by atoms with Gasteiger partial charge in [-0.3, -0.25) is 15.4 Å². The number of hydroxylamine groups is 2. The van der Waals surface area contributed by atoms with E-state index in [9.17, 15) is 19.2 Å². The summed E-state index contributed by atoms with van der Waals surface area (Å²) < 4.78 is 0. The summed E-state index contributed by atoms with van der Waals surface area (Å²) in [4.78, 5) is 50.4. The Bertz CT molecular complexity index is 632. The van der Waals surface area contributed by atoms with E-state index in [1.54, 1.807) is 0 Å². The van der Waals surface area contributed by atoms with Gasteiger partial charge in [-0.25, -0.2) is 9.59 Å². The topological polar surface area (TPSA) is 139 Å². The predicted octanol–water partition coefficient (Wildman–Crippen LogP) is 0.313. The number of benzene rings is 1. The summed E-state index contributed by atoms with van der Waals surface area (Å²) in [7, 11) is 0. The first kappa shape index (κ1) is 17.4. The zero-order chi connectivity index (χ0) is 15.6. The number of rotatable bonds is 4. The van der Waals surface area contributed by atoms with E-state index in [0.29, 0.717) is 5.06 Å². The molecule has 1 fully saturated rings. The average Bonchev–Trinajstić information content (AvgIpc) is 2.78. The third-order valence-corrected chi connectivity index (χ3v) is 2.82. The fourth-order valence-electron chi connectivity index (χ4n) is 1.78. The van der Waals surface area contributed by atoms with Crippen LogP contribution in [0.2, 0.25) is 0 Å². The van der Waals surface area contributed by atoms with Gasteiger partial charge in [-0.2, -0.15) is 0 Å². The largest absolute Gasteiger partial charge is 0.478 e. The lowest BCUT2D eigenvalue weighted by Gasteiger charge is -2.14. The van der Waals surface area contributed by atoms with Gasteiger partial charge in [0.1, 0.15) is 0 Å². The van der Waals surface area contributed by atoms with Gasteiger partial charge in [0.05, 0.1) is 11.1 Å². The van der Waals surface area contributed by atoms with Crippen molar-refractivity contribution in [2.24, 2.45) is 5.84 Å². The van der Waals surface area contributed by atoms with Gasteiger partial charge in [0.25, 0.3) is 11.8 Å². The van der Waals surface area contributed by atoms with Crippen LogP contribution in [-0.2, 0) is 14.4 Å². The molecule has 0 unspecified atom stereocenters. The number of anilines is 1. The highest BCUT2D eigenvalue weighted by molar-refractivity contribution is 6.06. The Hall–Kier alpha value is -2.65. The Morgan fingerprint density at radius 3 is 2.27 bits per heavy atom. The maximum Gasteiger partial charge on any atom is 0.364 e. The maximum absolute atomic E-state index is 11.9. The SMILES string of the molecule is Cl.NNc1ccc(C(=O)ON2C(=O)CCC2=O)c(C(=O)O)c1. The van der Waals surface area contributed by atoms with Crippen molar-refractivity contribution in [3.05, 3.63) is 29.3 Å². The van der Waals surface area contributed by atoms with Gasteiger partial charge in [-0.15, -0.1) is 17.5 Å². The van der Waals surface area contributed by atoms with Gasteiger partial charge in [0.2, 0.25) is 0 Å². The van der Waals surface area contributed by atoms with Crippen LogP contribution in [0.15, 0.2) is 18.2 Å². The van der Waals surface area contributed by atoms with Crippen LogP contribution in [0.4, 0.5) is 5.69 Å². The zero-order valence-corrected chi connectivity index (χ0v) is 11.9. The van der Waals surface area contributed by atoms with E-state index in [1.165, 1.54) is 12.1 Å². The molecule has 0 saturated carbocycles. The number of carboxylic acids is 1. The molecule has 4 N–H and O–H groups in total. The molecule has 10 heteroatoms. The van der Waals surface area contributed by atoms with Crippen LogP contribution in [0.25, 0.3) is 0 Å². The number of nitrogens with zero attached hydrogens (tertiary/aromatic N) is 1. The molecule has 2 amide bonds. The molecule has 0 aliphatic carbocycles. The Morgan fingerprint density at radius 2 is 1.77 bits per heavy atom. The normalized spacial score (nSPS) is 13.6. The molecule has 1 aromatic carbocycles. The van der Waals surface area contributed by atoms with Crippen molar-refractivity contribution in [1.29, 1.82) is 0 Å². The summed E-state index contributed by atoms with van der Waals surface area (Å²) in [5.41, 5.74) is 1.85. The van der Waals surface area contributed by atoms with Gasteiger partial charge in [-0.1, -0.05) is 0 Å². The van der Waals surface area contributed by atoms with Crippen molar-refractivity contribution < 1.29 is 29.1 Å². The Morgan fingerprint density at radius 1 is 1.18 bits per heavy atom. The smallest absolute Gasteiger partial charge is 0.364 e. The predicted molar refractivity (Wildman–Crippen MR) is 75.0 cm³/mol. The lowest BCUT2D eigenvalue weighted by Crippen LogP contribution is -2.32. The molecule has 0 spiro atoms. The molecule has 0 radical (unpaired) electrons. The van der Waals surface area contributed by atoms with Crippen molar-refractivity contribution in [1.82, 2.24) is 5.06 Å². The fourth-order valence-corrected chi connectivity index (χ4v) is 1.78. The van der Waals surface area contributed by atoms with Crippen LogP contribution in [0.1, 0.15) is 33.6 Å². The number of hydrazine groups is 1. The van der Waals surface area contributed by atoms with E-state index in [2.05, 4.69) is 10.3 Å². The zero-order valence-electron chi connectivity index (χ0n) is 11.1. The minimum atomic E-state index is -1.38. The number of carbonyl (C=O) groups excluding carboxylic acids is 3. The number of hydrogen-bond donors (Lipinski definition) is 3. The second kappa shape index (κ2) is 6.87. The maximum atomic E-state index is 11.9. The van der Waals surface area contributed by atoms with Crippen molar-refractivity contribution in [2.75, 3.05) is 5.43 Å². The van der Waals surface area contributed by atoms with Gasteiger partial charge in [0, 0.05) is 18.5 Å². The summed E-state index contributed by atoms with van der Waals surface area (Å²) in [6.45, 7) is 0. The molecule has 0 bridgehead atoms. The van der Waals surface area contributed by atoms with Gasteiger partial charge in [0.15, 0.2) is 0 Å². The van der Waals surface area contributed by atoms with Crippen molar-refractivity contribution in [2.45, 2.75) is 12.8 Å². The van der Waals surface area contributed by atoms with Crippen LogP contribution >= 0.6 is 12.4 Å².